The van der Waals surface area contributed by atoms with E-state index in [1.807, 2.05) is 19.1 Å². The second kappa shape index (κ2) is 14.6. The van der Waals surface area contributed by atoms with E-state index in [-0.39, 0.29) is 6.54 Å². The molecule has 34 heavy (non-hydrogen) atoms. The van der Waals surface area contributed by atoms with Crippen molar-refractivity contribution in [1.82, 2.24) is 15.5 Å². The van der Waals surface area contributed by atoms with Crippen LogP contribution in [0.2, 0.25) is 0 Å². The molecule has 0 spiro atoms. The van der Waals surface area contributed by atoms with E-state index in [9.17, 15) is 24.6 Å². The van der Waals surface area contributed by atoms with Crippen LogP contribution in [0.3, 0.4) is 0 Å². The number of nitrogens with one attached hydrogen (secondary N) is 2. The maximum absolute atomic E-state index is 13.4. The van der Waals surface area contributed by atoms with Crippen LogP contribution in [-0.2, 0) is 20.7 Å². The summed E-state index contributed by atoms with van der Waals surface area (Å²) >= 11 is 0. The van der Waals surface area contributed by atoms with E-state index < -0.39 is 48.8 Å². The molecule has 4 N–H and O–H groups in total. The minimum Gasteiger partial charge on any atom is -0.444 e. The number of amides is 3. The van der Waals surface area contributed by atoms with Crippen LogP contribution in [0.5, 0.6) is 0 Å². The van der Waals surface area contributed by atoms with Crippen molar-refractivity contribution in [2.45, 2.75) is 78.0 Å². The zero-order valence-electron chi connectivity index (χ0n) is 21.1. The van der Waals surface area contributed by atoms with Gasteiger partial charge in [-0.25, -0.2) is 4.79 Å². The Morgan fingerprint density at radius 3 is 2.21 bits per heavy atom. The molecule has 1 rings (SSSR count). The van der Waals surface area contributed by atoms with E-state index in [2.05, 4.69) is 17.6 Å². The molecule has 2 unspecified atom stereocenters. The number of rotatable bonds is 13. The van der Waals surface area contributed by atoms with Gasteiger partial charge in [-0.3, -0.25) is 9.59 Å². The minimum atomic E-state index is -1.34. The van der Waals surface area contributed by atoms with Crippen molar-refractivity contribution in [3.8, 4) is 0 Å². The molecular weight excluding hydrogens is 438 g/mol. The molecular formula is C25H41N3O6. The zero-order valence-corrected chi connectivity index (χ0v) is 21.1. The molecule has 0 aliphatic rings. The predicted octanol–water partition coefficient (Wildman–Crippen LogP) is 2.30. The lowest BCUT2D eigenvalue weighted by Crippen LogP contribution is -2.55. The Hall–Kier alpha value is -2.65. The lowest BCUT2D eigenvalue weighted by Gasteiger charge is -2.33. The number of hydrogen-bond donors (Lipinski definition) is 4. The molecule has 3 amide bonds. The van der Waals surface area contributed by atoms with E-state index in [1.54, 1.807) is 32.9 Å². The molecule has 0 bridgehead atoms. The molecule has 1 aromatic carbocycles. The van der Waals surface area contributed by atoms with E-state index in [0.29, 0.717) is 12.1 Å². The van der Waals surface area contributed by atoms with Crippen molar-refractivity contribution in [3.05, 3.63) is 35.4 Å². The number of benzene rings is 1. The molecule has 0 aliphatic carbocycles. The third-order valence-corrected chi connectivity index (χ3v) is 5.14. The Morgan fingerprint density at radius 1 is 1.06 bits per heavy atom. The van der Waals surface area contributed by atoms with Gasteiger partial charge in [-0.2, -0.15) is 0 Å². The first kappa shape index (κ1) is 29.4. The molecule has 0 heterocycles. The number of carbonyl (C=O) groups is 3. The normalized spacial score (nSPS) is 13.0. The second-order valence-corrected chi connectivity index (χ2v) is 9.13. The van der Waals surface area contributed by atoms with Crippen LogP contribution in [0.4, 0.5) is 4.79 Å². The summed E-state index contributed by atoms with van der Waals surface area (Å²) in [4.78, 5) is 40.0. The topological polar surface area (TPSA) is 128 Å². The summed E-state index contributed by atoms with van der Waals surface area (Å²) in [5, 5.41) is 24.8. The molecule has 0 radical (unpaired) electrons. The van der Waals surface area contributed by atoms with Gasteiger partial charge in [0.2, 0.25) is 11.8 Å². The number of ether oxygens (including phenoxy) is 1. The lowest BCUT2D eigenvalue weighted by atomic mass is 10.0. The monoisotopic (exact) mass is 479 g/mol. The van der Waals surface area contributed by atoms with E-state index >= 15 is 0 Å². The highest BCUT2D eigenvalue weighted by molar-refractivity contribution is 5.92. The van der Waals surface area contributed by atoms with Gasteiger partial charge < -0.3 is 30.5 Å². The van der Waals surface area contributed by atoms with Crippen molar-refractivity contribution in [1.29, 1.82) is 0 Å². The number of aryl methyl sites for hydroxylation is 1. The van der Waals surface area contributed by atoms with Crippen LogP contribution in [0.1, 0.15) is 71.0 Å². The van der Waals surface area contributed by atoms with E-state index in [1.165, 1.54) is 4.90 Å². The number of hydrogen-bond acceptors (Lipinski definition) is 6. The largest absolute Gasteiger partial charge is 0.444 e. The summed E-state index contributed by atoms with van der Waals surface area (Å²) in [7, 11) is 0. The van der Waals surface area contributed by atoms with E-state index in [0.717, 1.165) is 31.2 Å². The Kier molecular flexibility index (Phi) is 12.6. The van der Waals surface area contributed by atoms with Crippen LogP contribution in [-0.4, -0.2) is 71.0 Å². The van der Waals surface area contributed by atoms with Gasteiger partial charge >= 0.3 is 6.09 Å². The van der Waals surface area contributed by atoms with Crippen LogP contribution in [0.15, 0.2) is 24.3 Å². The highest BCUT2D eigenvalue weighted by atomic mass is 16.6. The first-order valence-corrected chi connectivity index (χ1v) is 12.0. The summed E-state index contributed by atoms with van der Waals surface area (Å²) in [6.07, 6.45) is 2.72. The molecule has 0 aromatic heterocycles. The molecule has 0 fully saturated rings. The number of nitrogens with zero attached hydrogens (tertiary/aromatic N) is 1. The summed E-state index contributed by atoms with van der Waals surface area (Å²) in [5.74, 6) is -1.09. The van der Waals surface area contributed by atoms with Crippen LogP contribution in [0.25, 0.3) is 0 Å². The fourth-order valence-corrected chi connectivity index (χ4v) is 3.40. The van der Waals surface area contributed by atoms with Gasteiger partial charge in [0.15, 0.2) is 0 Å². The molecule has 192 valence electrons. The van der Waals surface area contributed by atoms with Crippen molar-refractivity contribution in [2.75, 3.05) is 26.3 Å². The van der Waals surface area contributed by atoms with Crippen molar-refractivity contribution in [2.24, 2.45) is 0 Å². The van der Waals surface area contributed by atoms with Gasteiger partial charge in [0.25, 0.3) is 0 Å². The Labute approximate surface area is 202 Å². The fraction of sp³-hybridized carbons (Fsp3) is 0.640. The van der Waals surface area contributed by atoms with Crippen molar-refractivity contribution < 1.29 is 29.3 Å². The summed E-state index contributed by atoms with van der Waals surface area (Å²) in [5.41, 5.74) is 0.853. The number of aliphatic hydroxyl groups is 2. The lowest BCUT2D eigenvalue weighted by molar-refractivity contribution is -0.143. The first-order valence-electron chi connectivity index (χ1n) is 12.0. The molecule has 0 saturated carbocycles. The number of aliphatic hydroxyl groups excluding tert-OH is 2. The summed E-state index contributed by atoms with van der Waals surface area (Å²) < 4.78 is 5.19. The van der Waals surface area contributed by atoms with Gasteiger partial charge in [0.1, 0.15) is 17.7 Å². The van der Waals surface area contributed by atoms with Crippen molar-refractivity contribution >= 4 is 17.9 Å². The highest BCUT2D eigenvalue weighted by Gasteiger charge is 2.35. The smallest absolute Gasteiger partial charge is 0.408 e. The third-order valence-electron chi connectivity index (χ3n) is 5.14. The molecule has 9 heteroatoms. The Balaban J connectivity index is 3.24. The maximum atomic E-state index is 13.4. The van der Waals surface area contributed by atoms with Gasteiger partial charge in [-0.05, 0) is 44.7 Å². The molecule has 0 aliphatic heterocycles. The second-order valence-electron chi connectivity index (χ2n) is 9.13. The number of unbranched alkanes of at least 4 members (excludes halogenated alkanes) is 2. The zero-order chi connectivity index (χ0) is 25.7. The first-order chi connectivity index (χ1) is 16.1. The SMILES string of the molecule is CCCCCNC(=O)C(c1ccc(CC)cc1)N(CCO)C(=O)C(CO)NC(=O)OC(C)(C)C. The van der Waals surface area contributed by atoms with Gasteiger partial charge in [-0.1, -0.05) is 51.0 Å². The van der Waals surface area contributed by atoms with Crippen LogP contribution < -0.4 is 10.6 Å². The Bertz CT molecular complexity index is 776. The standard InChI is InChI=1S/C25H41N3O6/c1-6-8-9-14-26-22(31)21(19-12-10-18(7-2)11-13-19)28(15-16-29)23(32)20(17-30)27-24(33)34-25(3,4)5/h10-13,20-21,29-30H,6-9,14-17H2,1-5H3,(H,26,31)(H,27,33). The average molecular weight is 480 g/mol. The van der Waals surface area contributed by atoms with Crippen LogP contribution >= 0.6 is 0 Å². The molecule has 9 nitrogen and oxygen atoms in total. The molecule has 1 aromatic rings. The summed E-state index contributed by atoms with van der Waals surface area (Å²) in [6, 6.07) is 4.95. The quantitative estimate of drug-likeness (QED) is 0.322. The third kappa shape index (κ3) is 9.69. The molecule has 0 saturated heterocycles. The predicted molar refractivity (Wildman–Crippen MR) is 130 cm³/mol. The number of alkyl carbamates (subject to hydrolysis) is 1. The fourth-order valence-electron chi connectivity index (χ4n) is 3.40. The van der Waals surface area contributed by atoms with Gasteiger partial charge in [0, 0.05) is 13.1 Å². The summed E-state index contributed by atoms with van der Waals surface area (Å²) in [6.45, 7) is 8.32. The van der Waals surface area contributed by atoms with Gasteiger partial charge in [0.05, 0.1) is 13.2 Å². The van der Waals surface area contributed by atoms with Crippen LogP contribution in [0, 0.1) is 0 Å². The molecule has 2 atom stereocenters. The Morgan fingerprint density at radius 2 is 1.71 bits per heavy atom. The van der Waals surface area contributed by atoms with E-state index in [4.69, 9.17) is 4.74 Å². The number of carbonyl (C=O) groups excluding carboxylic acids is 3. The van der Waals surface area contributed by atoms with Crippen molar-refractivity contribution in [3.63, 3.8) is 0 Å². The van der Waals surface area contributed by atoms with Gasteiger partial charge in [-0.15, -0.1) is 0 Å². The maximum Gasteiger partial charge on any atom is 0.408 e. The highest BCUT2D eigenvalue weighted by Crippen LogP contribution is 2.23. The minimum absolute atomic E-state index is 0.159. The average Bonchev–Trinajstić information content (AvgIpc) is 2.78.